The first-order valence-electron chi connectivity index (χ1n) is 7.32. The van der Waals surface area contributed by atoms with E-state index in [9.17, 15) is 0 Å². The monoisotopic (exact) mass is 223 g/mol. The van der Waals surface area contributed by atoms with Crippen LogP contribution < -0.4 is 0 Å². The maximum absolute atomic E-state index is 3.87. The predicted molar refractivity (Wildman–Crippen MR) is 75.0 cm³/mol. The van der Waals surface area contributed by atoms with Gasteiger partial charge in [0.05, 0.1) is 0 Å². The Morgan fingerprint density at radius 1 is 0.562 bits per heavy atom. The van der Waals surface area contributed by atoms with Gasteiger partial charge in [-0.25, -0.2) is 0 Å². The topological polar surface area (TPSA) is 0 Å². The van der Waals surface area contributed by atoms with Gasteiger partial charge < -0.3 is 0 Å². The highest BCUT2D eigenvalue weighted by molar-refractivity contribution is 4.64. The molecule has 0 saturated heterocycles. The molecule has 0 aromatic carbocycles. The Bertz CT molecular complexity index is 92.6. The fourth-order valence-electron chi connectivity index (χ4n) is 2.02. The number of hydrogen-bond acceptors (Lipinski definition) is 0. The summed E-state index contributed by atoms with van der Waals surface area (Å²) in [5.74, 6) is 0. The van der Waals surface area contributed by atoms with Crippen LogP contribution in [0.2, 0.25) is 0 Å². The SMILES string of the molecule is [CH2]C[CH]CCCCCCCCCCCC[CH2]. The third kappa shape index (κ3) is 14.0. The standard InChI is InChI=1S/C16H31/c1-3-5-7-9-11-13-15-16-14-12-10-8-6-4-2/h5H,1-4,6-16H2. The van der Waals surface area contributed by atoms with Gasteiger partial charge in [-0.05, 0) is 6.42 Å². The fourth-order valence-corrected chi connectivity index (χ4v) is 2.02. The molecule has 0 bridgehead atoms. The molecule has 0 amide bonds. The molecule has 0 aromatic rings. The van der Waals surface area contributed by atoms with Crippen LogP contribution in [0.1, 0.15) is 83.5 Å². The van der Waals surface area contributed by atoms with Crippen molar-refractivity contribution in [2.24, 2.45) is 0 Å². The highest BCUT2D eigenvalue weighted by Gasteiger charge is 1.92. The molecule has 0 aliphatic heterocycles. The second kappa shape index (κ2) is 15.0. The summed E-state index contributed by atoms with van der Waals surface area (Å²) in [7, 11) is 0. The number of hydrogen-bond donors (Lipinski definition) is 0. The van der Waals surface area contributed by atoms with Crippen molar-refractivity contribution >= 4 is 0 Å². The van der Waals surface area contributed by atoms with Crippen molar-refractivity contribution in [3.05, 3.63) is 20.3 Å². The van der Waals surface area contributed by atoms with Gasteiger partial charge in [0.2, 0.25) is 0 Å². The van der Waals surface area contributed by atoms with E-state index in [0.29, 0.717) is 0 Å². The third-order valence-electron chi connectivity index (χ3n) is 3.11. The fraction of sp³-hybridized carbons (Fsp3) is 0.812. The van der Waals surface area contributed by atoms with Crippen LogP contribution in [0.3, 0.4) is 0 Å². The van der Waals surface area contributed by atoms with E-state index >= 15 is 0 Å². The Labute approximate surface area is 104 Å². The minimum atomic E-state index is 0.993. The van der Waals surface area contributed by atoms with E-state index in [0.717, 1.165) is 12.8 Å². The molecule has 3 radical (unpaired) electrons. The molecule has 0 atom stereocenters. The Balaban J connectivity index is 2.83. The molecular weight excluding hydrogens is 192 g/mol. The van der Waals surface area contributed by atoms with Crippen molar-refractivity contribution in [3.8, 4) is 0 Å². The molecule has 95 valence electrons. The zero-order chi connectivity index (χ0) is 11.9. The second-order valence-corrected chi connectivity index (χ2v) is 4.76. The van der Waals surface area contributed by atoms with Gasteiger partial charge in [-0.3, -0.25) is 0 Å². The largest absolute Gasteiger partial charge is 0.0533 e. The predicted octanol–water partition coefficient (Wildman–Crippen LogP) is 5.93. The van der Waals surface area contributed by atoms with Gasteiger partial charge in [0.15, 0.2) is 0 Å². The summed E-state index contributed by atoms with van der Waals surface area (Å²) in [5, 5.41) is 0. The van der Waals surface area contributed by atoms with Crippen LogP contribution in [0.25, 0.3) is 0 Å². The van der Waals surface area contributed by atoms with Crippen molar-refractivity contribution in [3.63, 3.8) is 0 Å². The number of unbranched alkanes of at least 4 members (excludes halogenated alkanes) is 13. The molecular formula is C16H31. The van der Waals surface area contributed by atoms with Gasteiger partial charge in [-0.1, -0.05) is 97.3 Å². The second-order valence-electron chi connectivity index (χ2n) is 4.76. The quantitative estimate of drug-likeness (QED) is 0.339. The zero-order valence-electron chi connectivity index (χ0n) is 11.2. The smallest absolute Gasteiger partial charge is 0.0386 e. The van der Waals surface area contributed by atoms with Gasteiger partial charge in [0.1, 0.15) is 0 Å². The van der Waals surface area contributed by atoms with Crippen molar-refractivity contribution in [1.82, 2.24) is 0 Å². The summed E-state index contributed by atoms with van der Waals surface area (Å²) in [6, 6.07) is 0. The van der Waals surface area contributed by atoms with Gasteiger partial charge in [-0.15, -0.1) is 0 Å². The van der Waals surface area contributed by atoms with Gasteiger partial charge >= 0.3 is 0 Å². The first-order valence-corrected chi connectivity index (χ1v) is 7.32. The van der Waals surface area contributed by atoms with E-state index < -0.39 is 0 Å². The summed E-state index contributed by atoms with van der Waals surface area (Å²) < 4.78 is 0. The average Bonchev–Trinajstić information content (AvgIpc) is 2.31. The Hall–Kier alpha value is 0. The van der Waals surface area contributed by atoms with Crippen LogP contribution in [-0.2, 0) is 0 Å². The van der Waals surface area contributed by atoms with E-state index in [1.165, 1.54) is 70.6 Å². The van der Waals surface area contributed by atoms with Crippen molar-refractivity contribution in [2.45, 2.75) is 83.5 Å². The van der Waals surface area contributed by atoms with Crippen LogP contribution in [-0.4, -0.2) is 0 Å². The first kappa shape index (κ1) is 16.0. The van der Waals surface area contributed by atoms with E-state index in [1.807, 2.05) is 0 Å². The maximum Gasteiger partial charge on any atom is -0.0386 e. The van der Waals surface area contributed by atoms with Gasteiger partial charge in [0, 0.05) is 0 Å². The van der Waals surface area contributed by atoms with Crippen LogP contribution >= 0.6 is 0 Å². The Morgan fingerprint density at radius 2 is 1.00 bits per heavy atom. The lowest BCUT2D eigenvalue weighted by atomic mass is 10.0. The molecule has 0 heteroatoms. The van der Waals surface area contributed by atoms with Crippen LogP contribution in [0, 0.1) is 20.3 Å². The Morgan fingerprint density at radius 3 is 1.44 bits per heavy atom. The molecule has 0 fully saturated rings. The molecule has 0 aromatic heterocycles. The van der Waals surface area contributed by atoms with Crippen LogP contribution in [0.5, 0.6) is 0 Å². The van der Waals surface area contributed by atoms with E-state index in [-0.39, 0.29) is 0 Å². The normalized spacial score (nSPS) is 10.9. The molecule has 0 unspecified atom stereocenters. The highest BCUT2D eigenvalue weighted by Crippen LogP contribution is 2.12. The van der Waals surface area contributed by atoms with Crippen LogP contribution in [0.15, 0.2) is 0 Å². The molecule has 0 spiro atoms. The first-order chi connectivity index (χ1) is 7.91. The number of rotatable bonds is 13. The minimum Gasteiger partial charge on any atom is -0.0533 e. The molecule has 0 aliphatic rings. The summed E-state index contributed by atoms with van der Waals surface area (Å²) in [4.78, 5) is 0. The molecule has 0 aliphatic carbocycles. The van der Waals surface area contributed by atoms with E-state index in [1.54, 1.807) is 0 Å². The lowest BCUT2D eigenvalue weighted by Gasteiger charge is -2.02. The lowest BCUT2D eigenvalue weighted by Crippen LogP contribution is -1.82. The summed E-state index contributed by atoms with van der Waals surface area (Å²) >= 11 is 0. The van der Waals surface area contributed by atoms with Crippen molar-refractivity contribution in [2.75, 3.05) is 0 Å². The molecule has 16 heavy (non-hydrogen) atoms. The summed E-state index contributed by atoms with van der Waals surface area (Å²) in [5.41, 5.74) is 0. The van der Waals surface area contributed by atoms with Crippen molar-refractivity contribution in [1.29, 1.82) is 0 Å². The average molecular weight is 223 g/mol. The third-order valence-corrected chi connectivity index (χ3v) is 3.11. The maximum atomic E-state index is 3.87. The van der Waals surface area contributed by atoms with E-state index in [4.69, 9.17) is 0 Å². The van der Waals surface area contributed by atoms with Gasteiger partial charge in [0.25, 0.3) is 0 Å². The summed E-state index contributed by atoms with van der Waals surface area (Å²) in [6.45, 7) is 7.68. The van der Waals surface area contributed by atoms with Gasteiger partial charge in [-0.2, -0.15) is 0 Å². The highest BCUT2D eigenvalue weighted by atomic mass is 14.0. The van der Waals surface area contributed by atoms with Crippen molar-refractivity contribution < 1.29 is 0 Å². The molecule has 0 N–H and O–H groups in total. The lowest BCUT2D eigenvalue weighted by molar-refractivity contribution is 0.551. The molecule has 0 rings (SSSR count). The summed E-state index contributed by atoms with van der Waals surface area (Å²) in [6.07, 6.45) is 19.8. The zero-order valence-corrected chi connectivity index (χ0v) is 11.2. The Kier molecular flexibility index (Phi) is 15.0. The van der Waals surface area contributed by atoms with Crippen LogP contribution in [0.4, 0.5) is 0 Å². The molecule has 0 heterocycles. The molecule has 0 saturated carbocycles. The molecule has 0 nitrogen and oxygen atoms in total. The minimum absolute atomic E-state index is 0.993. The van der Waals surface area contributed by atoms with E-state index in [2.05, 4.69) is 20.3 Å².